The molecule has 170 valence electrons. The number of hydrogen-bond acceptors (Lipinski definition) is 4. The van der Waals surface area contributed by atoms with Gasteiger partial charge >= 0.3 is 0 Å². The van der Waals surface area contributed by atoms with Crippen LogP contribution >= 0.6 is 24.0 Å². The molecule has 0 aliphatic carbocycles. The molecule has 2 aliphatic heterocycles. The highest BCUT2D eigenvalue weighted by molar-refractivity contribution is 14.0. The molecule has 7 heteroatoms. The van der Waals surface area contributed by atoms with Crippen molar-refractivity contribution in [3.8, 4) is 0 Å². The number of hydrogen-bond donors (Lipinski definition) is 1. The van der Waals surface area contributed by atoms with Crippen molar-refractivity contribution < 1.29 is 4.74 Å². The number of guanidine groups is 1. The first-order valence-corrected chi connectivity index (χ1v) is 11.2. The molecule has 3 rings (SSSR count). The lowest BCUT2D eigenvalue weighted by Crippen LogP contribution is -2.46. The molecular weight excluding hydrogens is 489 g/mol. The Bertz CT molecular complexity index is 663. The van der Waals surface area contributed by atoms with Gasteiger partial charge in [-0.1, -0.05) is 24.3 Å². The Morgan fingerprint density at radius 3 is 2.57 bits per heavy atom. The molecule has 0 spiro atoms. The third-order valence-electron chi connectivity index (χ3n) is 6.18. The first-order chi connectivity index (χ1) is 14.1. The Morgan fingerprint density at radius 2 is 1.90 bits per heavy atom. The van der Waals surface area contributed by atoms with Crippen LogP contribution in [0.3, 0.4) is 0 Å². The fourth-order valence-electron chi connectivity index (χ4n) is 4.08. The molecule has 2 saturated heterocycles. The molecule has 1 aromatic carbocycles. The Labute approximate surface area is 200 Å². The smallest absolute Gasteiger partial charge is 0.194 e. The highest BCUT2D eigenvalue weighted by Gasteiger charge is 2.30. The van der Waals surface area contributed by atoms with Gasteiger partial charge < -0.3 is 15.0 Å². The number of nitrogens with zero attached hydrogens (tertiary/aromatic N) is 4. The van der Waals surface area contributed by atoms with Gasteiger partial charge in [0.25, 0.3) is 0 Å². The summed E-state index contributed by atoms with van der Waals surface area (Å²) in [5, 5.41) is 3.52. The van der Waals surface area contributed by atoms with E-state index in [1.54, 1.807) is 0 Å². The molecule has 2 fully saturated rings. The third-order valence-corrected chi connectivity index (χ3v) is 6.18. The van der Waals surface area contributed by atoms with Crippen LogP contribution < -0.4 is 5.32 Å². The van der Waals surface area contributed by atoms with E-state index in [2.05, 4.69) is 72.1 Å². The van der Waals surface area contributed by atoms with Crippen LogP contribution in [0.25, 0.3) is 0 Å². The zero-order chi connectivity index (χ0) is 20.6. The summed E-state index contributed by atoms with van der Waals surface area (Å²) in [6.45, 7) is 15.2. The summed E-state index contributed by atoms with van der Waals surface area (Å²) in [6, 6.07) is 9.87. The van der Waals surface area contributed by atoms with Crippen LogP contribution in [0.5, 0.6) is 0 Å². The summed E-state index contributed by atoms with van der Waals surface area (Å²) in [4.78, 5) is 12.4. The fourth-order valence-corrected chi connectivity index (χ4v) is 4.08. The van der Waals surface area contributed by atoms with E-state index in [0.29, 0.717) is 12.1 Å². The molecule has 1 N–H and O–H groups in total. The predicted molar refractivity (Wildman–Crippen MR) is 136 cm³/mol. The van der Waals surface area contributed by atoms with Crippen molar-refractivity contribution in [1.29, 1.82) is 0 Å². The molecule has 2 heterocycles. The average Bonchev–Trinajstić information content (AvgIpc) is 3.23. The standard InChI is InChI=1S/C23H39N5O.HI/c1-5-24-23(28-11-10-22(18-28)27-12-14-29-15-13-27)25-16-20-8-6-7-9-21(20)17-26(4)19(2)3;/h6-9,19,22H,5,10-18H2,1-4H3,(H,24,25);1H. The van der Waals surface area contributed by atoms with Gasteiger partial charge in [0.1, 0.15) is 0 Å². The van der Waals surface area contributed by atoms with Crippen molar-refractivity contribution >= 4 is 29.9 Å². The van der Waals surface area contributed by atoms with Crippen molar-refractivity contribution in [2.75, 3.05) is 53.0 Å². The molecule has 1 atom stereocenters. The van der Waals surface area contributed by atoms with Crippen LogP contribution in [0.1, 0.15) is 38.3 Å². The number of aliphatic imine (C=N–C) groups is 1. The van der Waals surface area contributed by atoms with Crippen LogP contribution in [-0.2, 0) is 17.8 Å². The molecule has 0 radical (unpaired) electrons. The van der Waals surface area contributed by atoms with Gasteiger partial charge in [-0.25, -0.2) is 4.99 Å². The summed E-state index contributed by atoms with van der Waals surface area (Å²) in [5.74, 6) is 1.05. The van der Waals surface area contributed by atoms with Crippen molar-refractivity contribution in [3.05, 3.63) is 35.4 Å². The average molecular weight is 530 g/mol. The number of rotatable bonds is 7. The second-order valence-corrected chi connectivity index (χ2v) is 8.48. The third kappa shape index (κ3) is 7.07. The zero-order valence-electron chi connectivity index (χ0n) is 19.1. The number of likely N-dealkylation sites (tertiary alicyclic amines) is 1. The minimum absolute atomic E-state index is 0. The van der Waals surface area contributed by atoms with Crippen LogP contribution in [0, 0.1) is 0 Å². The summed E-state index contributed by atoms with van der Waals surface area (Å²) < 4.78 is 5.52. The number of morpholine rings is 1. The highest BCUT2D eigenvalue weighted by atomic mass is 127. The SMILES string of the molecule is CCNC(=NCc1ccccc1CN(C)C(C)C)N1CCC(N2CCOCC2)C1.I. The van der Waals surface area contributed by atoms with E-state index in [9.17, 15) is 0 Å². The Balaban J connectivity index is 0.00000320. The van der Waals surface area contributed by atoms with Crippen LogP contribution in [-0.4, -0.2) is 85.7 Å². The van der Waals surface area contributed by atoms with E-state index in [1.807, 2.05) is 0 Å². The molecule has 6 nitrogen and oxygen atoms in total. The van der Waals surface area contributed by atoms with Crippen LogP contribution in [0.15, 0.2) is 29.3 Å². The van der Waals surface area contributed by atoms with Crippen molar-refractivity contribution in [2.24, 2.45) is 4.99 Å². The Morgan fingerprint density at radius 1 is 1.20 bits per heavy atom. The number of halogens is 1. The largest absolute Gasteiger partial charge is 0.379 e. The van der Waals surface area contributed by atoms with E-state index in [1.165, 1.54) is 17.5 Å². The minimum Gasteiger partial charge on any atom is -0.379 e. The molecule has 1 unspecified atom stereocenters. The molecule has 0 amide bonds. The van der Waals surface area contributed by atoms with E-state index < -0.39 is 0 Å². The lowest BCUT2D eigenvalue weighted by atomic mass is 10.1. The van der Waals surface area contributed by atoms with E-state index in [4.69, 9.17) is 9.73 Å². The first-order valence-electron chi connectivity index (χ1n) is 11.2. The minimum atomic E-state index is 0. The van der Waals surface area contributed by atoms with Crippen LogP contribution in [0.4, 0.5) is 0 Å². The molecule has 1 aromatic rings. The van der Waals surface area contributed by atoms with Crippen molar-refractivity contribution in [3.63, 3.8) is 0 Å². The molecular formula is C23H40IN5O. The lowest BCUT2D eigenvalue weighted by Gasteiger charge is -2.32. The second kappa shape index (κ2) is 12.8. The zero-order valence-corrected chi connectivity index (χ0v) is 21.5. The highest BCUT2D eigenvalue weighted by Crippen LogP contribution is 2.18. The Kier molecular flexibility index (Phi) is 10.8. The molecule has 0 bridgehead atoms. The van der Waals surface area contributed by atoms with Gasteiger partial charge in [0.2, 0.25) is 0 Å². The Hall–Kier alpha value is -0.900. The van der Waals surface area contributed by atoms with E-state index in [-0.39, 0.29) is 24.0 Å². The lowest BCUT2D eigenvalue weighted by molar-refractivity contribution is 0.0195. The topological polar surface area (TPSA) is 43.3 Å². The van der Waals surface area contributed by atoms with Gasteiger partial charge in [0, 0.05) is 51.4 Å². The van der Waals surface area contributed by atoms with Gasteiger partial charge in [0.15, 0.2) is 5.96 Å². The van der Waals surface area contributed by atoms with Gasteiger partial charge in [-0.2, -0.15) is 0 Å². The number of benzene rings is 1. The van der Waals surface area contributed by atoms with Gasteiger partial charge in [-0.15, -0.1) is 24.0 Å². The van der Waals surface area contributed by atoms with Crippen molar-refractivity contribution in [2.45, 2.75) is 52.4 Å². The molecule has 0 saturated carbocycles. The maximum atomic E-state index is 5.52. The summed E-state index contributed by atoms with van der Waals surface area (Å²) in [6.07, 6.45) is 1.21. The van der Waals surface area contributed by atoms with Gasteiger partial charge in [-0.05, 0) is 45.4 Å². The maximum absolute atomic E-state index is 5.52. The summed E-state index contributed by atoms with van der Waals surface area (Å²) >= 11 is 0. The summed E-state index contributed by atoms with van der Waals surface area (Å²) in [5.41, 5.74) is 2.69. The second-order valence-electron chi connectivity index (χ2n) is 8.48. The van der Waals surface area contributed by atoms with E-state index >= 15 is 0 Å². The molecule has 2 aliphatic rings. The molecule has 30 heavy (non-hydrogen) atoms. The predicted octanol–water partition coefficient (Wildman–Crippen LogP) is 3.02. The summed E-state index contributed by atoms with van der Waals surface area (Å²) in [7, 11) is 2.19. The molecule has 0 aromatic heterocycles. The fraction of sp³-hybridized carbons (Fsp3) is 0.696. The quantitative estimate of drug-likeness (QED) is 0.334. The normalized spacial score (nSPS) is 20.7. The van der Waals surface area contributed by atoms with Gasteiger partial charge in [-0.3, -0.25) is 9.80 Å². The first kappa shape index (κ1) is 25.4. The number of nitrogens with one attached hydrogen (secondary N) is 1. The number of ether oxygens (including phenoxy) is 1. The van der Waals surface area contributed by atoms with E-state index in [0.717, 1.165) is 65.0 Å². The van der Waals surface area contributed by atoms with Crippen LogP contribution in [0.2, 0.25) is 0 Å². The van der Waals surface area contributed by atoms with Crippen molar-refractivity contribution in [1.82, 2.24) is 20.0 Å². The monoisotopic (exact) mass is 529 g/mol. The maximum Gasteiger partial charge on any atom is 0.194 e. The van der Waals surface area contributed by atoms with Gasteiger partial charge in [0.05, 0.1) is 19.8 Å².